The maximum absolute atomic E-state index is 11.4. The fourth-order valence-electron chi connectivity index (χ4n) is 1.47. The number of benzene rings is 1. The predicted octanol–water partition coefficient (Wildman–Crippen LogP) is 1.84. The monoisotopic (exact) mass is 247 g/mol. The van der Waals surface area contributed by atoms with Gasteiger partial charge in [-0.3, -0.25) is 4.79 Å². The summed E-state index contributed by atoms with van der Waals surface area (Å²) in [6.45, 7) is 2.15. The second-order valence-electron chi connectivity index (χ2n) is 3.76. The van der Waals surface area contributed by atoms with Crippen molar-refractivity contribution in [3.8, 4) is 0 Å². The van der Waals surface area contributed by atoms with E-state index in [1.807, 2.05) is 12.1 Å². The lowest BCUT2D eigenvalue weighted by Crippen LogP contribution is -2.05. The quantitative estimate of drug-likeness (QED) is 0.616. The minimum atomic E-state index is -0.437. The Bertz CT molecular complexity index is 435. The lowest BCUT2D eigenvalue weighted by molar-refractivity contribution is -0.113. The SMILES string of the molecule is CCOC(=O)c1ccc(CC/C=C\C(N)=O)cc1. The van der Waals surface area contributed by atoms with E-state index >= 15 is 0 Å². The van der Waals surface area contributed by atoms with Crippen LogP contribution in [0.5, 0.6) is 0 Å². The van der Waals surface area contributed by atoms with Gasteiger partial charge in [0.2, 0.25) is 5.91 Å². The predicted molar refractivity (Wildman–Crippen MR) is 69.1 cm³/mol. The molecule has 0 aromatic heterocycles. The molecule has 4 heteroatoms. The average molecular weight is 247 g/mol. The Morgan fingerprint density at radius 2 is 1.94 bits per heavy atom. The molecule has 0 spiro atoms. The van der Waals surface area contributed by atoms with Crippen LogP contribution in [0.4, 0.5) is 0 Å². The summed E-state index contributed by atoms with van der Waals surface area (Å²) in [7, 11) is 0. The fraction of sp³-hybridized carbons (Fsp3) is 0.286. The number of carbonyl (C=O) groups excluding carboxylic acids is 2. The first-order chi connectivity index (χ1) is 8.63. The highest BCUT2D eigenvalue weighted by atomic mass is 16.5. The van der Waals surface area contributed by atoms with Crippen molar-refractivity contribution in [1.29, 1.82) is 0 Å². The molecule has 0 aliphatic heterocycles. The molecular formula is C14H17NO3. The minimum Gasteiger partial charge on any atom is -0.462 e. The molecule has 2 N–H and O–H groups in total. The van der Waals surface area contributed by atoms with Crippen molar-refractivity contribution in [1.82, 2.24) is 0 Å². The Hall–Kier alpha value is -2.10. The van der Waals surface area contributed by atoms with Gasteiger partial charge < -0.3 is 10.5 Å². The Labute approximate surface area is 106 Å². The van der Waals surface area contributed by atoms with Crippen molar-refractivity contribution >= 4 is 11.9 Å². The van der Waals surface area contributed by atoms with Crippen LogP contribution in [0, 0.1) is 0 Å². The fourth-order valence-corrected chi connectivity index (χ4v) is 1.47. The molecule has 96 valence electrons. The summed E-state index contributed by atoms with van der Waals surface area (Å²) in [6, 6.07) is 7.24. The Kier molecular flexibility index (Phi) is 5.64. The van der Waals surface area contributed by atoms with E-state index in [2.05, 4.69) is 0 Å². The van der Waals surface area contributed by atoms with Gasteiger partial charge in [0.05, 0.1) is 12.2 Å². The van der Waals surface area contributed by atoms with E-state index in [1.165, 1.54) is 6.08 Å². The molecule has 0 fully saturated rings. The lowest BCUT2D eigenvalue weighted by Gasteiger charge is -2.03. The molecule has 1 aromatic rings. The minimum absolute atomic E-state index is 0.308. The lowest BCUT2D eigenvalue weighted by atomic mass is 10.1. The number of amides is 1. The van der Waals surface area contributed by atoms with E-state index < -0.39 is 5.91 Å². The molecule has 1 aromatic carbocycles. The molecule has 0 saturated carbocycles. The Balaban J connectivity index is 2.50. The van der Waals surface area contributed by atoms with Gasteiger partial charge in [-0.25, -0.2) is 4.79 Å². The van der Waals surface area contributed by atoms with Crippen LogP contribution in [0.1, 0.15) is 29.3 Å². The van der Waals surface area contributed by atoms with Gasteiger partial charge >= 0.3 is 5.97 Å². The number of allylic oxidation sites excluding steroid dienone is 1. The number of nitrogens with two attached hydrogens (primary N) is 1. The first-order valence-corrected chi connectivity index (χ1v) is 5.85. The van der Waals surface area contributed by atoms with Gasteiger partial charge in [0, 0.05) is 0 Å². The molecule has 0 unspecified atom stereocenters. The molecule has 0 bridgehead atoms. The molecule has 1 rings (SSSR count). The van der Waals surface area contributed by atoms with Crippen molar-refractivity contribution in [2.45, 2.75) is 19.8 Å². The number of hydrogen-bond acceptors (Lipinski definition) is 3. The van der Waals surface area contributed by atoms with Crippen LogP contribution in [0.25, 0.3) is 0 Å². The van der Waals surface area contributed by atoms with Crippen LogP contribution in [0.15, 0.2) is 36.4 Å². The van der Waals surface area contributed by atoms with Crippen molar-refractivity contribution in [2.24, 2.45) is 5.73 Å². The van der Waals surface area contributed by atoms with Crippen LogP contribution in [-0.4, -0.2) is 18.5 Å². The molecule has 1 amide bonds. The number of primary amides is 1. The van der Waals surface area contributed by atoms with Crippen molar-refractivity contribution in [3.05, 3.63) is 47.5 Å². The number of aryl methyl sites for hydroxylation is 1. The highest BCUT2D eigenvalue weighted by molar-refractivity contribution is 5.89. The zero-order valence-electron chi connectivity index (χ0n) is 10.4. The third-order valence-corrected chi connectivity index (χ3v) is 2.35. The molecule has 0 radical (unpaired) electrons. The summed E-state index contributed by atoms with van der Waals surface area (Å²) in [5.41, 5.74) is 6.62. The molecule has 0 aliphatic rings. The number of hydrogen-bond donors (Lipinski definition) is 1. The summed E-state index contributed by atoms with van der Waals surface area (Å²) < 4.78 is 4.89. The molecule has 0 aliphatic carbocycles. The van der Waals surface area contributed by atoms with Gasteiger partial charge in [-0.05, 0) is 43.5 Å². The molecule has 4 nitrogen and oxygen atoms in total. The van der Waals surface area contributed by atoms with Gasteiger partial charge in [-0.15, -0.1) is 0 Å². The highest BCUT2D eigenvalue weighted by Crippen LogP contribution is 2.08. The maximum atomic E-state index is 11.4. The molecule has 0 heterocycles. The highest BCUT2D eigenvalue weighted by Gasteiger charge is 2.04. The Morgan fingerprint density at radius 1 is 1.28 bits per heavy atom. The van der Waals surface area contributed by atoms with Crippen LogP contribution in [-0.2, 0) is 16.0 Å². The first-order valence-electron chi connectivity index (χ1n) is 5.85. The topological polar surface area (TPSA) is 69.4 Å². The summed E-state index contributed by atoms with van der Waals surface area (Å²) in [4.78, 5) is 21.9. The smallest absolute Gasteiger partial charge is 0.338 e. The number of rotatable bonds is 6. The van der Waals surface area contributed by atoms with Crippen LogP contribution in [0.2, 0.25) is 0 Å². The first kappa shape index (κ1) is 14.0. The van der Waals surface area contributed by atoms with Gasteiger partial charge in [0.25, 0.3) is 0 Å². The van der Waals surface area contributed by atoms with Crippen LogP contribution >= 0.6 is 0 Å². The summed E-state index contributed by atoms with van der Waals surface area (Å²) >= 11 is 0. The van der Waals surface area contributed by atoms with E-state index in [0.717, 1.165) is 18.4 Å². The number of carbonyl (C=O) groups is 2. The second kappa shape index (κ2) is 7.27. The number of esters is 1. The maximum Gasteiger partial charge on any atom is 0.338 e. The van der Waals surface area contributed by atoms with E-state index in [9.17, 15) is 9.59 Å². The van der Waals surface area contributed by atoms with Gasteiger partial charge in [-0.1, -0.05) is 18.2 Å². The van der Waals surface area contributed by atoms with Crippen LogP contribution < -0.4 is 5.73 Å². The molecule has 0 saturated heterocycles. The molecule has 18 heavy (non-hydrogen) atoms. The van der Waals surface area contributed by atoms with E-state index in [0.29, 0.717) is 12.2 Å². The van der Waals surface area contributed by atoms with Crippen molar-refractivity contribution in [2.75, 3.05) is 6.61 Å². The average Bonchev–Trinajstić information content (AvgIpc) is 2.35. The zero-order valence-corrected chi connectivity index (χ0v) is 10.4. The largest absolute Gasteiger partial charge is 0.462 e. The van der Waals surface area contributed by atoms with Gasteiger partial charge in [0.15, 0.2) is 0 Å². The van der Waals surface area contributed by atoms with Crippen molar-refractivity contribution < 1.29 is 14.3 Å². The summed E-state index contributed by atoms with van der Waals surface area (Å²) in [6.07, 6.45) is 4.63. The molecular weight excluding hydrogens is 230 g/mol. The van der Waals surface area contributed by atoms with Crippen molar-refractivity contribution in [3.63, 3.8) is 0 Å². The van der Waals surface area contributed by atoms with Crippen LogP contribution in [0.3, 0.4) is 0 Å². The Morgan fingerprint density at radius 3 is 2.50 bits per heavy atom. The van der Waals surface area contributed by atoms with Gasteiger partial charge in [0.1, 0.15) is 0 Å². The summed E-state index contributed by atoms with van der Waals surface area (Å²) in [5.74, 6) is -0.745. The number of ether oxygens (including phenoxy) is 1. The molecule has 0 atom stereocenters. The van der Waals surface area contributed by atoms with E-state index in [4.69, 9.17) is 10.5 Å². The zero-order chi connectivity index (χ0) is 13.4. The van der Waals surface area contributed by atoms with E-state index in [-0.39, 0.29) is 5.97 Å². The normalized spacial score (nSPS) is 10.5. The second-order valence-corrected chi connectivity index (χ2v) is 3.76. The standard InChI is InChI=1S/C14H17NO3/c1-2-18-14(17)12-9-7-11(8-10-12)5-3-4-6-13(15)16/h4,6-10H,2-3,5H2,1H3,(H2,15,16)/b6-4-. The van der Waals surface area contributed by atoms with E-state index in [1.54, 1.807) is 25.1 Å². The third-order valence-electron chi connectivity index (χ3n) is 2.35. The third kappa shape index (κ3) is 4.82. The van der Waals surface area contributed by atoms with Gasteiger partial charge in [-0.2, -0.15) is 0 Å². The summed E-state index contributed by atoms with van der Waals surface area (Å²) in [5, 5.41) is 0.